The minimum atomic E-state index is -4.56. The van der Waals surface area contributed by atoms with Crippen LogP contribution in [0, 0.1) is 0 Å². The van der Waals surface area contributed by atoms with Crippen LogP contribution >= 0.6 is 7.75 Å². The molecule has 1 aliphatic rings. The van der Waals surface area contributed by atoms with E-state index in [1.807, 2.05) is 0 Å². The van der Waals surface area contributed by atoms with E-state index in [1.165, 1.54) is 12.7 Å². The normalized spacial score (nSPS) is 25.6. The maximum absolute atomic E-state index is 11.9. The quantitative estimate of drug-likeness (QED) is 0.261. The fraction of sp³-hybridized carbons (Fsp3) is 0.538. The summed E-state index contributed by atoms with van der Waals surface area (Å²) < 4.78 is 23.9. The predicted molar refractivity (Wildman–Crippen MR) is 91.7 cm³/mol. The Kier molecular flexibility index (Phi) is 5.90. The minimum Gasteiger partial charge on any atom is -0.480 e. The first kappa shape index (κ1) is 20.5. The van der Waals surface area contributed by atoms with Crippen LogP contribution in [0.3, 0.4) is 0 Å². The number of rotatable bonds is 8. The van der Waals surface area contributed by atoms with E-state index < -0.39 is 51.4 Å². The average Bonchev–Trinajstić information content (AvgIpc) is 3.22. The van der Waals surface area contributed by atoms with Crippen molar-refractivity contribution in [1.29, 1.82) is 0 Å². The molecule has 0 spiro atoms. The van der Waals surface area contributed by atoms with Crippen molar-refractivity contribution in [1.82, 2.24) is 24.6 Å². The Bertz CT molecular complexity index is 908. The van der Waals surface area contributed by atoms with Gasteiger partial charge in [0.25, 0.3) is 0 Å². The summed E-state index contributed by atoms with van der Waals surface area (Å²) in [6, 6.07) is -1.68. The Morgan fingerprint density at radius 1 is 1.50 bits per heavy atom. The summed E-state index contributed by atoms with van der Waals surface area (Å²) in [5.41, 5.74) is 6.49. The molecular formula is C13H19N6O8P. The molecule has 0 bridgehead atoms. The second-order valence-corrected chi connectivity index (χ2v) is 7.59. The zero-order valence-electron chi connectivity index (χ0n) is 14.3. The highest BCUT2D eigenvalue weighted by Crippen LogP contribution is 2.40. The summed E-state index contributed by atoms with van der Waals surface area (Å²) in [5.74, 6) is -1.34. The van der Waals surface area contributed by atoms with Gasteiger partial charge in [-0.05, 0) is 0 Å². The molecule has 15 heteroatoms. The van der Waals surface area contributed by atoms with Gasteiger partial charge in [0, 0.05) is 6.42 Å². The number of hydrogen-bond acceptors (Lipinski definition) is 10. The van der Waals surface area contributed by atoms with E-state index in [9.17, 15) is 19.4 Å². The number of aliphatic carboxylic acids is 1. The minimum absolute atomic E-state index is 0.126. The molecule has 2 aromatic rings. The molecule has 0 aliphatic carbocycles. The summed E-state index contributed by atoms with van der Waals surface area (Å²) in [6.07, 6.45) is 0.124. The SMILES string of the molecule is Nc1ncnc2c1ncn2[C@H]1C[C@H](O)[C@@H](COP(=O)(O)NC(CO)C(=O)O)O1. The number of nitrogens with one attached hydrogen (secondary N) is 1. The summed E-state index contributed by atoms with van der Waals surface area (Å²) in [7, 11) is -4.56. The van der Waals surface area contributed by atoms with Crippen molar-refractivity contribution < 1.29 is 38.8 Å². The predicted octanol–water partition coefficient (Wildman–Crippen LogP) is -1.79. The van der Waals surface area contributed by atoms with Crippen molar-refractivity contribution >= 4 is 30.7 Å². The number of aliphatic hydroxyl groups is 2. The van der Waals surface area contributed by atoms with E-state index in [-0.39, 0.29) is 12.2 Å². The zero-order valence-corrected chi connectivity index (χ0v) is 15.2. The number of nitrogen functional groups attached to an aromatic ring is 1. The molecule has 3 heterocycles. The van der Waals surface area contributed by atoms with Gasteiger partial charge in [-0.3, -0.25) is 13.9 Å². The Hall–Kier alpha value is -2.19. The Morgan fingerprint density at radius 3 is 2.93 bits per heavy atom. The Morgan fingerprint density at radius 2 is 2.25 bits per heavy atom. The summed E-state index contributed by atoms with van der Waals surface area (Å²) >= 11 is 0. The van der Waals surface area contributed by atoms with Crippen LogP contribution < -0.4 is 10.8 Å². The number of aliphatic hydroxyl groups excluding tert-OH is 2. The maximum Gasteiger partial charge on any atom is 0.403 e. The molecule has 2 aromatic heterocycles. The first-order valence-corrected chi connectivity index (χ1v) is 9.65. The van der Waals surface area contributed by atoms with E-state index in [2.05, 4.69) is 15.0 Å². The highest BCUT2D eigenvalue weighted by molar-refractivity contribution is 7.50. The third-order valence-electron chi connectivity index (χ3n) is 4.11. The van der Waals surface area contributed by atoms with E-state index in [1.54, 1.807) is 9.65 Å². The van der Waals surface area contributed by atoms with Crippen LogP contribution in [0.4, 0.5) is 5.82 Å². The largest absolute Gasteiger partial charge is 0.480 e. The second-order valence-electron chi connectivity index (χ2n) is 6.03. The topological polar surface area (TPSA) is 215 Å². The van der Waals surface area contributed by atoms with Gasteiger partial charge in [-0.1, -0.05) is 0 Å². The number of nitrogens with zero attached hydrogens (tertiary/aromatic N) is 4. The molecule has 1 saturated heterocycles. The van der Waals surface area contributed by atoms with Crippen LogP contribution in [0.25, 0.3) is 11.2 Å². The van der Waals surface area contributed by atoms with Crippen molar-refractivity contribution in [3.05, 3.63) is 12.7 Å². The van der Waals surface area contributed by atoms with Gasteiger partial charge >= 0.3 is 13.7 Å². The van der Waals surface area contributed by atoms with Crippen LogP contribution in [0.15, 0.2) is 12.7 Å². The fourth-order valence-electron chi connectivity index (χ4n) is 2.70. The lowest BCUT2D eigenvalue weighted by Crippen LogP contribution is -2.38. The first-order valence-electron chi connectivity index (χ1n) is 8.07. The molecule has 0 amide bonds. The van der Waals surface area contributed by atoms with Crippen LogP contribution in [0.5, 0.6) is 0 Å². The van der Waals surface area contributed by atoms with Gasteiger partial charge < -0.3 is 30.7 Å². The van der Waals surface area contributed by atoms with E-state index in [0.717, 1.165) is 0 Å². The molecule has 28 heavy (non-hydrogen) atoms. The molecule has 0 aromatic carbocycles. The summed E-state index contributed by atoms with van der Waals surface area (Å²) in [6.45, 7) is -1.41. The molecule has 1 aliphatic heterocycles. The van der Waals surface area contributed by atoms with E-state index in [4.69, 9.17) is 25.2 Å². The number of carboxylic acids is 1. The number of nitrogens with two attached hydrogens (primary N) is 1. The van der Waals surface area contributed by atoms with Crippen molar-refractivity contribution in [3.63, 3.8) is 0 Å². The van der Waals surface area contributed by atoms with E-state index in [0.29, 0.717) is 11.2 Å². The maximum atomic E-state index is 11.9. The molecule has 0 saturated carbocycles. The molecule has 7 N–H and O–H groups in total. The second kappa shape index (κ2) is 8.05. The lowest BCUT2D eigenvalue weighted by Gasteiger charge is -2.20. The number of fused-ring (bicyclic) bond motifs is 1. The molecule has 2 unspecified atom stereocenters. The number of aromatic nitrogens is 4. The van der Waals surface area contributed by atoms with E-state index >= 15 is 0 Å². The molecule has 0 radical (unpaired) electrons. The van der Waals surface area contributed by atoms with Crippen molar-refractivity contribution in [3.8, 4) is 0 Å². The number of ether oxygens (including phenoxy) is 1. The first-order chi connectivity index (χ1) is 13.2. The number of carbonyl (C=O) groups is 1. The number of carboxylic acid groups (broad SMARTS) is 1. The summed E-state index contributed by atoms with van der Waals surface area (Å²) in [5, 5.41) is 29.7. The molecule has 154 valence electrons. The van der Waals surface area contributed by atoms with Crippen LogP contribution in [-0.2, 0) is 18.6 Å². The van der Waals surface area contributed by atoms with Gasteiger partial charge in [0.2, 0.25) is 0 Å². The molecule has 14 nitrogen and oxygen atoms in total. The Balaban J connectivity index is 1.64. The monoisotopic (exact) mass is 418 g/mol. The Labute approximate surface area is 157 Å². The van der Waals surface area contributed by atoms with Gasteiger partial charge in [-0.15, -0.1) is 0 Å². The third-order valence-corrected chi connectivity index (χ3v) is 5.25. The zero-order chi connectivity index (χ0) is 20.5. The number of hydrogen-bond donors (Lipinski definition) is 6. The van der Waals surface area contributed by atoms with Crippen molar-refractivity contribution in [2.75, 3.05) is 18.9 Å². The lowest BCUT2D eigenvalue weighted by atomic mass is 10.2. The fourth-order valence-corrected chi connectivity index (χ4v) is 3.71. The van der Waals surface area contributed by atoms with Crippen LogP contribution in [-0.4, -0.2) is 77.2 Å². The van der Waals surface area contributed by atoms with Gasteiger partial charge in [-0.2, -0.15) is 0 Å². The lowest BCUT2D eigenvalue weighted by molar-refractivity contribution is -0.140. The molecule has 3 rings (SSSR count). The van der Waals surface area contributed by atoms with Crippen molar-refractivity contribution in [2.45, 2.75) is 30.9 Å². The average molecular weight is 418 g/mol. The highest BCUT2D eigenvalue weighted by atomic mass is 31.2. The van der Waals surface area contributed by atoms with Gasteiger partial charge in [0.15, 0.2) is 11.5 Å². The van der Waals surface area contributed by atoms with Crippen LogP contribution in [0.1, 0.15) is 12.6 Å². The number of imidazole rings is 1. The molecular weight excluding hydrogens is 399 g/mol. The number of anilines is 1. The molecule has 5 atom stereocenters. The van der Waals surface area contributed by atoms with Gasteiger partial charge in [0.05, 0.1) is 25.6 Å². The smallest absolute Gasteiger partial charge is 0.403 e. The van der Waals surface area contributed by atoms with Gasteiger partial charge in [0.1, 0.15) is 30.2 Å². The third kappa shape index (κ3) is 4.28. The standard InChI is InChI=1S/C13H19N6O8P/c14-11-10-12(16-4-15-11)19(5-17-10)9-1-7(21)8(27-9)3-26-28(24,25)18-6(2-20)13(22)23/h4-9,20-21H,1-3H2,(H,22,23)(H2,14,15,16)(H2,18,24,25)/t6?,7-,8+,9+/m0/s1. The molecule has 1 fully saturated rings. The van der Waals surface area contributed by atoms with Crippen molar-refractivity contribution in [2.24, 2.45) is 0 Å². The highest BCUT2D eigenvalue weighted by Gasteiger charge is 2.38. The van der Waals surface area contributed by atoms with Crippen LogP contribution in [0.2, 0.25) is 0 Å². The van der Waals surface area contributed by atoms with Gasteiger partial charge in [-0.25, -0.2) is 24.6 Å². The summed E-state index contributed by atoms with van der Waals surface area (Å²) in [4.78, 5) is 32.5.